The first kappa shape index (κ1) is 34.8. The molecule has 3 aromatic carbocycles. The number of ether oxygens (including phenoxy) is 4. The smallest absolute Gasteiger partial charge is 0.328 e. The lowest BCUT2D eigenvalue weighted by molar-refractivity contribution is -0.145. The number of methoxy groups -OCH3 is 4. The normalized spacial score (nSPS) is 14.8. The molecule has 0 saturated heterocycles. The Hall–Kier alpha value is -5.06. The number of carbonyl (C=O) groups is 3. The van der Waals surface area contributed by atoms with E-state index in [4.69, 9.17) is 18.9 Å². The van der Waals surface area contributed by atoms with Gasteiger partial charge in [-0.2, -0.15) is 0 Å². The maximum atomic E-state index is 13.9. The van der Waals surface area contributed by atoms with Crippen LogP contribution < -0.4 is 35.6 Å². The van der Waals surface area contributed by atoms with Gasteiger partial charge in [0.2, 0.25) is 23.0 Å². The second-order valence-electron chi connectivity index (χ2n) is 11.7. The van der Waals surface area contributed by atoms with E-state index in [-0.39, 0.29) is 29.4 Å². The zero-order chi connectivity index (χ0) is 34.2. The van der Waals surface area contributed by atoms with Crippen molar-refractivity contribution in [3.63, 3.8) is 0 Å². The molecular weight excluding hydrogens is 602 g/mol. The number of aryl methyl sites for hydroxylation is 1. The van der Waals surface area contributed by atoms with E-state index >= 15 is 0 Å². The fourth-order valence-corrected chi connectivity index (χ4v) is 5.98. The Balaban J connectivity index is 1.78. The third-order valence-corrected chi connectivity index (χ3v) is 8.26. The number of carbonyl (C=O) groups excluding carboxylic acids is 3. The summed E-state index contributed by atoms with van der Waals surface area (Å²) in [5.41, 5.74) is 3.53. The van der Waals surface area contributed by atoms with Gasteiger partial charge in [-0.3, -0.25) is 14.4 Å². The molecule has 1 aliphatic rings. The molecule has 3 N–H and O–H groups in total. The Kier molecular flexibility index (Phi) is 11.5. The van der Waals surface area contributed by atoms with Crippen LogP contribution in [0.4, 0.5) is 5.69 Å². The molecule has 0 radical (unpaired) electrons. The van der Waals surface area contributed by atoms with E-state index in [1.54, 1.807) is 19.2 Å². The van der Waals surface area contributed by atoms with Gasteiger partial charge in [0.05, 0.1) is 40.2 Å². The van der Waals surface area contributed by atoms with Crippen molar-refractivity contribution in [2.75, 3.05) is 33.8 Å². The highest BCUT2D eigenvalue weighted by Crippen LogP contribution is 2.50. The SMILES string of the molecule is COC(=O)[C@H](Cc1ccccc1)NC(=O)[C@@H](Nc1ccc2c(cc1=O)[C@@H](NC(C)=O)CCc1cc(OC)c(OC)c(OC)c1-2)C(C)C. The van der Waals surface area contributed by atoms with Crippen LogP contribution in [0.5, 0.6) is 17.2 Å². The summed E-state index contributed by atoms with van der Waals surface area (Å²) in [5.74, 6) is -0.205. The minimum absolute atomic E-state index is 0.173. The van der Waals surface area contributed by atoms with Crippen molar-refractivity contribution >= 4 is 23.5 Å². The molecular formula is C36H43N3O8. The highest BCUT2D eigenvalue weighted by atomic mass is 16.5. The van der Waals surface area contributed by atoms with Crippen molar-refractivity contribution < 1.29 is 33.3 Å². The third-order valence-electron chi connectivity index (χ3n) is 8.26. The van der Waals surface area contributed by atoms with E-state index in [0.29, 0.717) is 41.2 Å². The minimum Gasteiger partial charge on any atom is -0.493 e. The number of benzene rings is 2. The van der Waals surface area contributed by atoms with Gasteiger partial charge < -0.3 is 34.9 Å². The quantitative estimate of drug-likeness (QED) is 0.247. The molecule has 3 atom stereocenters. The van der Waals surface area contributed by atoms with Crippen LogP contribution >= 0.6 is 0 Å². The van der Waals surface area contributed by atoms with Crippen LogP contribution in [-0.2, 0) is 32.0 Å². The standard InChI is InChI=1S/C36H43N3O8/c1-20(2)32(35(42)39-28(36(43)47-7)17-22-11-9-8-10-12-22)38-27-16-14-24-25(19-29(27)41)26(37-21(3)40)15-13-23-18-30(44-4)33(45-5)34(46-6)31(23)24/h8-12,14,16,18-20,26,28,32H,13,15,17H2,1-7H3,(H,37,40)(H,38,41)(H,39,42)/t26-,28-,32-/m0/s1. The van der Waals surface area contributed by atoms with Gasteiger partial charge in [0.25, 0.3) is 0 Å². The van der Waals surface area contributed by atoms with E-state index in [1.165, 1.54) is 34.3 Å². The minimum atomic E-state index is -0.929. The van der Waals surface area contributed by atoms with E-state index in [9.17, 15) is 19.2 Å². The molecule has 3 aromatic rings. The average molecular weight is 646 g/mol. The number of anilines is 1. The first-order valence-electron chi connectivity index (χ1n) is 15.5. The van der Waals surface area contributed by atoms with Crippen molar-refractivity contribution in [1.82, 2.24) is 10.6 Å². The fourth-order valence-electron chi connectivity index (χ4n) is 5.98. The molecule has 0 bridgehead atoms. The summed E-state index contributed by atoms with van der Waals surface area (Å²) < 4.78 is 22.1. The van der Waals surface area contributed by atoms with Gasteiger partial charge in [0.15, 0.2) is 11.5 Å². The zero-order valence-electron chi connectivity index (χ0n) is 27.9. The predicted octanol–water partition coefficient (Wildman–Crippen LogP) is 4.20. The number of nitrogens with one attached hydrogen (secondary N) is 3. The maximum Gasteiger partial charge on any atom is 0.328 e. The number of esters is 1. The monoisotopic (exact) mass is 645 g/mol. The summed E-state index contributed by atoms with van der Waals surface area (Å²) in [7, 11) is 5.88. The highest BCUT2D eigenvalue weighted by Gasteiger charge is 2.31. The van der Waals surface area contributed by atoms with Gasteiger partial charge in [0.1, 0.15) is 12.1 Å². The van der Waals surface area contributed by atoms with Crippen molar-refractivity contribution in [2.24, 2.45) is 5.92 Å². The molecule has 1 aliphatic carbocycles. The molecule has 2 amide bonds. The fraction of sp³-hybridized carbons (Fsp3) is 0.389. The molecule has 11 nitrogen and oxygen atoms in total. The van der Waals surface area contributed by atoms with Crippen LogP contribution in [0.25, 0.3) is 11.1 Å². The van der Waals surface area contributed by atoms with Crippen molar-refractivity contribution in [2.45, 2.75) is 58.2 Å². The summed E-state index contributed by atoms with van der Waals surface area (Å²) >= 11 is 0. The van der Waals surface area contributed by atoms with E-state index in [2.05, 4.69) is 16.0 Å². The Morgan fingerprint density at radius 2 is 1.62 bits per heavy atom. The van der Waals surface area contributed by atoms with Gasteiger partial charge in [-0.1, -0.05) is 50.2 Å². The Morgan fingerprint density at radius 3 is 2.21 bits per heavy atom. The molecule has 0 spiro atoms. The van der Waals surface area contributed by atoms with E-state index in [1.807, 2.05) is 50.2 Å². The molecule has 4 rings (SSSR count). The van der Waals surface area contributed by atoms with E-state index < -0.39 is 30.0 Å². The largest absolute Gasteiger partial charge is 0.493 e. The highest BCUT2D eigenvalue weighted by molar-refractivity contribution is 5.90. The summed E-state index contributed by atoms with van der Waals surface area (Å²) in [6.45, 7) is 5.12. The molecule has 0 aliphatic heterocycles. The van der Waals surface area contributed by atoms with Gasteiger partial charge >= 0.3 is 5.97 Å². The van der Waals surface area contributed by atoms with Crippen molar-refractivity contribution in [3.8, 4) is 28.4 Å². The summed E-state index contributed by atoms with van der Waals surface area (Å²) in [6.07, 6.45) is 1.32. The van der Waals surface area contributed by atoms with Crippen LogP contribution in [0.2, 0.25) is 0 Å². The van der Waals surface area contributed by atoms with Gasteiger partial charge in [0, 0.05) is 18.9 Å². The Morgan fingerprint density at radius 1 is 0.915 bits per heavy atom. The maximum absolute atomic E-state index is 13.9. The van der Waals surface area contributed by atoms with Gasteiger partial charge in [-0.05, 0) is 59.2 Å². The summed E-state index contributed by atoms with van der Waals surface area (Å²) in [5, 5.41) is 8.95. The Bertz CT molecular complexity index is 1680. The first-order valence-corrected chi connectivity index (χ1v) is 15.5. The third kappa shape index (κ3) is 7.85. The van der Waals surface area contributed by atoms with Crippen molar-refractivity contribution in [1.29, 1.82) is 0 Å². The number of fused-ring (bicyclic) bond motifs is 3. The van der Waals surface area contributed by atoms with Crippen LogP contribution in [-0.4, -0.2) is 58.3 Å². The van der Waals surface area contributed by atoms with Gasteiger partial charge in [-0.15, -0.1) is 0 Å². The number of hydrogen-bond acceptors (Lipinski definition) is 9. The topological polar surface area (TPSA) is 141 Å². The van der Waals surface area contributed by atoms with Crippen LogP contribution in [0, 0.1) is 5.92 Å². The first-order chi connectivity index (χ1) is 22.5. The molecule has 0 unspecified atom stereocenters. The Labute approximate surface area is 275 Å². The average Bonchev–Trinajstić information content (AvgIpc) is 3.30. The zero-order valence-corrected chi connectivity index (χ0v) is 27.9. The molecule has 11 heteroatoms. The van der Waals surface area contributed by atoms with Crippen LogP contribution in [0.15, 0.2) is 59.4 Å². The second-order valence-corrected chi connectivity index (χ2v) is 11.7. The molecule has 0 heterocycles. The molecule has 0 saturated carbocycles. The van der Waals surface area contributed by atoms with Crippen molar-refractivity contribution in [3.05, 3.63) is 81.5 Å². The lowest BCUT2D eigenvalue weighted by Gasteiger charge is -2.25. The number of amides is 2. The molecule has 250 valence electrons. The molecule has 0 aromatic heterocycles. The number of hydrogen-bond donors (Lipinski definition) is 3. The van der Waals surface area contributed by atoms with Crippen LogP contribution in [0.1, 0.15) is 49.9 Å². The van der Waals surface area contributed by atoms with E-state index in [0.717, 1.165) is 16.7 Å². The lowest BCUT2D eigenvalue weighted by Crippen LogP contribution is -2.51. The summed E-state index contributed by atoms with van der Waals surface area (Å²) in [6, 6.07) is 13.8. The predicted molar refractivity (Wildman–Crippen MR) is 179 cm³/mol. The molecule has 47 heavy (non-hydrogen) atoms. The number of rotatable bonds is 12. The van der Waals surface area contributed by atoms with Crippen LogP contribution in [0.3, 0.4) is 0 Å². The molecule has 0 fully saturated rings. The van der Waals surface area contributed by atoms with Gasteiger partial charge in [-0.25, -0.2) is 4.79 Å². The lowest BCUT2D eigenvalue weighted by atomic mass is 9.95. The summed E-state index contributed by atoms with van der Waals surface area (Å²) in [4.78, 5) is 52.5. The second kappa shape index (κ2) is 15.5.